The standard InChI is InChI=1S/C31H37FN2O/c1-5-24-22(4)33-29-14-16-34(15-6-8-23-12-10-20(2)11-13-23)19-27(29)30(24)26-18-28(32)31-25(21(26)3)9-7-17-35-31/h10-13,18H,5-9,14-17,19H2,1-4H3. The van der Waals surface area contributed by atoms with Gasteiger partial charge in [0, 0.05) is 36.5 Å². The second-order valence-corrected chi connectivity index (χ2v) is 10.2. The third-order valence-corrected chi connectivity index (χ3v) is 7.86. The average Bonchev–Trinajstić information content (AvgIpc) is 2.87. The zero-order valence-electron chi connectivity index (χ0n) is 21.6. The molecule has 2 aromatic carbocycles. The van der Waals surface area contributed by atoms with Gasteiger partial charge in [0.2, 0.25) is 0 Å². The molecule has 5 rings (SSSR count). The van der Waals surface area contributed by atoms with Crippen molar-refractivity contribution in [1.29, 1.82) is 0 Å². The minimum atomic E-state index is -0.226. The zero-order valence-corrected chi connectivity index (χ0v) is 21.6. The molecule has 1 aromatic heterocycles. The second kappa shape index (κ2) is 10.1. The van der Waals surface area contributed by atoms with Crippen molar-refractivity contribution in [2.75, 3.05) is 19.7 Å². The van der Waals surface area contributed by atoms with Gasteiger partial charge in [0.05, 0.1) is 6.61 Å². The third-order valence-electron chi connectivity index (χ3n) is 7.86. The average molecular weight is 473 g/mol. The lowest BCUT2D eigenvalue weighted by atomic mass is 9.84. The van der Waals surface area contributed by atoms with Crippen LogP contribution in [0.2, 0.25) is 0 Å². The second-order valence-electron chi connectivity index (χ2n) is 10.2. The summed E-state index contributed by atoms with van der Waals surface area (Å²) < 4.78 is 21.0. The smallest absolute Gasteiger partial charge is 0.165 e. The summed E-state index contributed by atoms with van der Waals surface area (Å²) in [7, 11) is 0. The van der Waals surface area contributed by atoms with E-state index in [0.717, 1.165) is 75.0 Å². The highest BCUT2D eigenvalue weighted by Crippen LogP contribution is 2.41. The third kappa shape index (κ3) is 4.73. The molecule has 184 valence electrons. The molecule has 4 heteroatoms. The Morgan fingerprint density at radius 3 is 2.63 bits per heavy atom. The first-order valence-electron chi connectivity index (χ1n) is 13.2. The van der Waals surface area contributed by atoms with Gasteiger partial charge >= 0.3 is 0 Å². The van der Waals surface area contributed by atoms with Crippen molar-refractivity contribution in [1.82, 2.24) is 9.88 Å². The molecule has 0 fully saturated rings. The Balaban J connectivity index is 1.47. The molecule has 0 saturated carbocycles. The molecule has 0 N–H and O–H groups in total. The lowest BCUT2D eigenvalue weighted by Gasteiger charge is -2.32. The van der Waals surface area contributed by atoms with Crippen LogP contribution in [0.1, 0.15) is 64.5 Å². The van der Waals surface area contributed by atoms with E-state index in [1.165, 1.54) is 39.1 Å². The van der Waals surface area contributed by atoms with E-state index in [1.807, 2.05) is 0 Å². The van der Waals surface area contributed by atoms with Crippen LogP contribution in [0, 0.1) is 26.6 Å². The largest absolute Gasteiger partial charge is 0.490 e. The monoisotopic (exact) mass is 472 g/mol. The fourth-order valence-electron chi connectivity index (χ4n) is 5.92. The number of aryl methyl sites for hydroxylation is 3. The number of hydrogen-bond acceptors (Lipinski definition) is 3. The summed E-state index contributed by atoms with van der Waals surface area (Å²) in [5, 5.41) is 0. The van der Waals surface area contributed by atoms with Gasteiger partial charge in [-0.15, -0.1) is 0 Å². The molecule has 0 bridgehead atoms. The zero-order chi connectivity index (χ0) is 24.5. The first-order chi connectivity index (χ1) is 17.0. The lowest BCUT2D eigenvalue weighted by molar-refractivity contribution is 0.249. The topological polar surface area (TPSA) is 25.4 Å². The van der Waals surface area contributed by atoms with Crippen molar-refractivity contribution in [2.24, 2.45) is 0 Å². The molecule has 0 aliphatic carbocycles. The first kappa shape index (κ1) is 24.0. The van der Waals surface area contributed by atoms with Gasteiger partial charge in [-0.1, -0.05) is 36.8 Å². The summed E-state index contributed by atoms with van der Waals surface area (Å²) >= 11 is 0. The van der Waals surface area contributed by atoms with Gasteiger partial charge in [-0.05, 0) is 98.9 Å². The van der Waals surface area contributed by atoms with E-state index in [9.17, 15) is 0 Å². The number of hydrogen-bond donors (Lipinski definition) is 0. The van der Waals surface area contributed by atoms with Crippen LogP contribution in [0.5, 0.6) is 5.75 Å². The normalized spacial score (nSPS) is 15.5. The van der Waals surface area contributed by atoms with E-state index in [4.69, 9.17) is 9.72 Å². The summed E-state index contributed by atoms with van der Waals surface area (Å²) in [5.41, 5.74) is 12.0. The summed E-state index contributed by atoms with van der Waals surface area (Å²) in [6.45, 7) is 12.2. The molecule has 0 amide bonds. The predicted molar refractivity (Wildman–Crippen MR) is 141 cm³/mol. The first-order valence-corrected chi connectivity index (χ1v) is 13.2. The number of ether oxygens (including phenoxy) is 1. The van der Waals surface area contributed by atoms with Crippen molar-refractivity contribution in [3.63, 3.8) is 0 Å². The summed E-state index contributed by atoms with van der Waals surface area (Å²) in [4.78, 5) is 7.59. The Bertz CT molecular complexity index is 1230. The minimum absolute atomic E-state index is 0.226. The predicted octanol–water partition coefficient (Wildman–Crippen LogP) is 6.69. The maximum atomic E-state index is 15.2. The van der Waals surface area contributed by atoms with Crippen molar-refractivity contribution >= 4 is 0 Å². The van der Waals surface area contributed by atoms with Gasteiger partial charge in [-0.2, -0.15) is 0 Å². The van der Waals surface area contributed by atoms with Crippen molar-refractivity contribution in [2.45, 2.75) is 72.8 Å². The van der Waals surface area contributed by atoms with Crippen LogP contribution in [0.25, 0.3) is 11.1 Å². The van der Waals surface area contributed by atoms with E-state index in [1.54, 1.807) is 6.07 Å². The molecule has 0 spiro atoms. The molecule has 3 heterocycles. The van der Waals surface area contributed by atoms with Crippen LogP contribution in [0.4, 0.5) is 4.39 Å². The van der Waals surface area contributed by atoms with Gasteiger partial charge in [0.15, 0.2) is 11.6 Å². The minimum Gasteiger partial charge on any atom is -0.490 e. The maximum absolute atomic E-state index is 15.2. The fraction of sp³-hybridized carbons (Fsp3) is 0.452. The van der Waals surface area contributed by atoms with Crippen molar-refractivity contribution in [3.05, 3.63) is 80.9 Å². The fourth-order valence-corrected chi connectivity index (χ4v) is 5.92. The molecular weight excluding hydrogens is 435 g/mol. The van der Waals surface area contributed by atoms with E-state index >= 15 is 4.39 Å². The Morgan fingerprint density at radius 1 is 1.06 bits per heavy atom. The van der Waals surface area contributed by atoms with Crippen LogP contribution in [-0.4, -0.2) is 29.6 Å². The summed E-state index contributed by atoms with van der Waals surface area (Å²) in [6, 6.07) is 10.6. The summed E-state index contributed by atoms with van der Waals surface area (Å²) in [6.07, 6.45) is 5.90. The van der Waals surface area contributed by atoms with E-state index < -0.39 is 0 Å². The number of pyridine rings is 1. The molecule has 0 radical (unpaired) electrons. The summed E-state index contributed by atoms with van der Waals surface area (Å²) in [5.74, 6) is 0.240. The molecular formula is C31H37FN2O. The lowest BCUT2D eigenvalue weighted by Crippen LogP contribution is -2.33. The quantitative estimate of drug-likeness (QED) is 0.400. The van der Waals surface area contributed by atoms with Crippen LogP contribution < -0.4 is 4.74 Å². The van der Waals surface area contributed by atoms with Crippen LogP contribution in [0.3, 0.4) is 0 Å². The Labute approximate surface area is 209 Å². The SMILES string of the molecule is CCc1c(C)nc2c(c1-c1cc(F)c3c(c1C)CCCO3)CN(CCCc1ccc(C)cc1)CC2. The van der Waals surface area contributed by atoms with Gasteiger partial charge < -0.3 is 4.74 Å². The number of rotatable bonds is 6. The van der Waals surface area contributed by atoms with Crippen molar-refractivity contribution in [3.8, 4) is 16.9 Å². The van der Waals surface area contributed by atoms with Gasteiger partial charge in [0.1, 0.15) is 0 Å². The molecule has 0 saturated heterocycles. The highest BCUT2D eigenvalue weighted by Gasteiger charge is 2.28. The molecule has 0 atom stereocenters. The molecule has 0 unspecified atom stereocenters. The van der Waals surface area contributed by atoms with Crippen LogP contribution >= 0.6 is 0 Å². The number of halogens is 1. The Kier molecular flexibility index (Phi) is 6.93. The highest BCUT2D eigenvalue weighted by molar-refractivity contribution is 5.78. The van der Waals surface area contributed by atoms with Crippen molar-refractivity contribution < 1.29 is 9.13 Å². The molecule has 2 aliphatic rings. The Morgan fingerprint density at radius 2 is 1.86 bits per heavy atom. The number of aromatic nitrogens is 1. The molecule has 3 aromatic rings. The van der Waals surface area contributed by atoms with Crippen LogP contribution in [0.15, 0.2) is 30.3 Å². The molecule has 2 aliphatic heterocycles. The van der Waals surface area contributed by atoms with E-state index in [-0.39, 0.29) is 5.82 Å². The van der Waals surface area contributed by atoms with Crippen LogP contribution in [-0.2, 0) is 32.2 Å². The number of nitrogens with zero attached hydrogens (tertiary/aromatic N) is 2. The highest BCUT2D eigenvalue weighted by atomic mass is 19.1. The Hall–Kier alpha value is -2.72. The number of benzene rings is 2. The molecule has 35 heavy (non-hydrogen) atoms. The number of fused-ring (bicyclic) bond motifs is 2. The van der Waals surface area contributed by atoms with Gasteiger partial charge in [-0.25, -0.2) is 4.39 Å². The maximum Gasteiger partial charge on any atom is 0.165 e. The van der Waals surface area contributed by atoms with E-state index in [2.05, 4.69) is 56.9 Å². The van der Waals surface area contributed by atoms with Gasteiger partial charge in [0.25, 0.3) is 0 Å². The van der Waals surface area contributed by atoms with E-state index in [0.29, 0.717) is 12.4 Å². The van der Waals surface area contributed by atoms with Gasteiger partial charge in [-0.3, -0.25) is 9.88 Å². The molecule has 3 nitrogen and oxygen atoms in total.